The van der Waals surface area contributed by atoms with E-state index < -0.39 is 46.3 Å². The molecule has 0 saturated heterocycles. The van der Waals surface area contributed by atoms with Crippen molar-refractivity contribution in [3.05, 3.63) is 88.5 Å². The van der Waals surface area contributed by atoms with Crippen molar-refractivity contribution in [2.24, 2.45) is 5.92 Å². The molecule has 1 fully saturated rings. The maximum atomic E-state index is 14.8. The fourth-order valence-corrected chi connectivity index (χ4v) is 4.50. The summed E-state index contributed by atoms with van der Waals surface area (Å²) in [4.78, 5) is 0. The molecule has 1 saturated carbocycles. The lowest BCUT2D eigenvalue weighted by Gasteiger charge is -2.27. The second-order valence-electron chi connectivity index (χ2n) is 9.06. The Morgan fingerprint density at radius 1 is 0.765 bits per heavy atom. The zero-order chi connectivity index (χ0) is 24.6. The van der Waals surface area contributed by atoms with Crippen LogP contribution in [0.2, 0.25) is 0 Å². The molecular weight excluding hydrogens is 454 g/mol. The normalized spacial score (nSPS) is 18.7. The number of benzene rings is 3. The number of hydrogen-bond acceptors (Lipinski definition) is 1. The summed E-state index contributed by atoms with van der Waals surface area (Å²) >= 11 is 0. The molecule has 0 heterocycles. The fourth-order valence-electron chi connectivity index (χ4n) is 4.50. The van der Waals surface area contributed by atoms with E-state index in [1.54, 1.807) is 19.1 Å². The highest BCUT2D eigenvalue weighted by Crippen LogP contribution is 2.41. The molecule has 0 amide bonds. The van der Waals surface area contributed by atoms with Crippen LogP contribution in [-0.4, -0.2) is 0 Å². The molecule has 7 heteroatoms. The Hall–Kier alpha value is -2.96. The number of alkyl halides is 2. The topological polar surface area (TPSA) is 9.23 Å². The van der Waals surface area contributed by atoms with Gasteiger partial charge in [-0.3, -0.25) is 0 Å². The van der Waals surface area contributed by atoms with Crippen molar-refractivity contribution < 1.29 is 31.1 Å². The average Bonchev–Trinajstić information content (AvgIpc) is 2.74. The molecular formula is C27H24F6O. The molecule has 0 aromatic heterocycles. The summed E-state index contributed by atoms with van der Waals surface area (Å²) in [5.41, 5.74) is -0.606. The highest BCUT2D eigenvalue weighted by molar-refractivity contribution is 5.66. The first-order chi connectivity index (χ1) is 16.0. The van der Waals surface area contributed by atoms with Gasteiger partial charge in [-0.25, -0.2) is 17.6 Å². The van der Waals surface area contributed by atoms with Gasteiger partial charge in [0.15, 0.2) is 0 Å². The van der Waals surface area contributed by atoms with Crippen LogP contribution in [0.5, 0.6) is 5.75 Å². The molecule has 3 aromatic carbocycles. The largest absolute Gasteiger partial charge is 0.432 e. The van der Waals surface area contributed by atoms with Crippen molar-refractivity contribution >= 4 is 0 Å². The van der Waals surface area contributed by atoms with Crippen molar-refractivity contribution in [3.8, 4) is 16.9 Å². The molecule has 0 spiro atoms. The van der Waals surface area contributed by atoms with Gasteiger partial charge >= 0.3 is 6.11 Å². The zero-order valence-electron chi connectivity index (χ0n) is 18.8. The Bertz CT molecular complexity index is 1130. The third-order valence-electron chi connectivity index (χ3n) is 6.44. The summed E-state index contributed by atoms with van der Waals surface area (Å²) in [5.74, 6) is -5.69. The van der Waals surface area contributed by atoms with Crippen molar-refractivity contribution in [2.75, 3.05) is 0 Å². The van der Waals surface area contributed by atoms with Crippen molar-refractivity contribution in [1.29, 1.82) is 0 Å². The molecule has 0 bridgehead atoms. The van der Waals surface area contributed by atoms with Gasteiger partial charge in [0, 0.05) is 12.1 Å². The minimum Gasteiger partial charge on any atom is -0.429 e. The second kappa shape index (κ2) is 9.35. The first-order valence-corrected chi connectivity index (χ1v) is 11.2. The predicted octanol–water partition coefficient (Wildman–Crippen LogP) is 8.64. The molecule has 0 N–H and O–H groups in total. The predicted molar refractivity (Wildman–Crippen MR) is 118 cm³/mol. The molecule has 1 aliphatic rings. The van der Waals surface area contributed by atoms with Gasteiger partial charge in [0.25, 0.3) is 0 Å². The summed E-state index contributed by atoms with van der Waals surface area (Å²) in [6.45, 7) is 3.90. The van der Waals surface area contributed by atoms with E-state index >= 15 is 0 Å². The molecule has 0 unspecified atom stereocenters. The number of aryl methyl sites for hydroxylation is 1. The smallest absolute Gasteiger partial charge is 0.429 e. The third kappa shape index (κ3) is 4.93. The first kappa shape index (κ1) is 24.2. The monoisotopic (exact) mass is 478 g/mol. The van der Waals surface area contributed by atoms with Gasteiger partial charge in [0.2, 0.25) is 0 Å². The molecule has 0 atom stereocenters. The van der Waals surface area contributed by atoms with Gasteiger partial charge in [0.1, 0.15) is 34.6 Å². The Kier molecular flexibility index (Phi) is 6.65. The summed E-state index contributed by atoms with van der Waals surface area (Å²) in [7, 11) is 0. The molecule has 34 heavy (non-hydrogen) atoms. The minimum atomic E-state index is -4.49. The van der Waals surface area contributed by atoms with Crippen LogP contribution < -0.4 is 4.74 Å². The van der Waals surface area contributed by atoms with Crippen molar-refractivity contribution in [1.82, 2.24) is 0 Å². The summed E-state index contributed by atoms with van der Waals surface area (Å²) in [6, 6.07) is 9.22. The van der Waals surface area contributed by atoms with Crippen molar-refractivity contribution in [3.63, 3.8) is 0 Å². The van der Waals surface area contributed by atoms with E-state index in [1.807, 2.05) is 0 Å². The van der Waals surface area contributed by atoms with Gasteiger partial charge in [-0.05, 0) is 54.9 Å². The van der Waals surface area contributed by atoms with Crippen LogP contribution in [0.15, 0.2) is 48.5 Å². The molecule has 0 radical (unpaired) electrons. The highest BCUT2D eigenvalue weighted by Gasteiger charge is 2.42. The summed E-state index contributed by atoms with van der Waals surface area (Å²) < 4.78 is 92.5. The lowest BCUT2D eigenvalue weighted by atomic mass is 9.79. The van der Waals surface area contributed by atoms with E-state index in [2.05, 4.69) is 11.7 Å². The molecule has 180 valence electrons. The lowest BCUT2D eigenvalue weighted by molar-refractivity contribution is -0.189. The quantitative estimate of drug-likeness (QED) is 0.334. The minimum absolute atomic E-state index is 0.110. The molecule has 0 aliphatic heterocycles. The lowest BCUT2D eigenvalue weighted by Crippen LogP contribution is -2.26. The Balaban J connectivity index is 1.61. The van der Waals surface area contributed by atoms with E-state index in [4.69, 9.17) is 0 Å². The van der Waals surface area contributed by atoms with Crippen LogP contribution in [0.3, 0.4) is 0 Å². The molecule has 1 aliphatic carbocycles. The Morgan fingerprint density at radius 3 is 1.82 bits per heavy atom. The maximum Gasteiger partial charge on any atom is 0.432 e. The van der Waals surface area contributed by atoms with Crippen LogP contribution in [0.25, 0.3) is 11.1 Å². The molecule has 4 rings (SSSR count). The number of rotatable bonds is 5. The van der Waals surface area contributed by atoms with Crippen LogP contribution in [0.4, 0.5) is 26.3 Å². The fraction of sp³-hybridized carbons (Fsp3) is 0.333. The summed E-state index contributed by atoms with van der Waals surface area (Å²) in [6.07, 6.45) is -1.26. The molecule has 1 nitrogen and oxygen atoms in total. The van der Waals surface area contributed by atoms with Crippen LogP contribution in [0, 0.1) is 36.1 Å². The number of ether oxygens (including phenoxy) is 1. The van der Waals surface area contributed by atoms with Gasteiger partial charge < -0.3 is 4.74 Å². The van der Waals surface area contributed by atoms with Gasteiger partial charge in [-0.1, -0.05) is 49.6 Å². The third-order valence-corrected chi connectivity index (χ3v) is 6.44. The molecule has 3 aromatic rings. The standard InChI is InChI=1S/C27H24F6O/c1-15-3-7-17(8-4-15)19-11-23(30)26(24(31)12-19)27(32,33)34-20-13-21(28)25(22(29)14-20)18-9-5-16(2)6-10-18/h5-6,9-15,17H,3-4,7-8H2,1-2H3. The van der Waals surface area contributed by atoms with Crippen LogP contribution >= 0.6 is 0 Å². The number of hydrogen-bond donors (Lipinski definition) is 0. The number of halogens is 6. The van der Waals surface area contributed by atoms with Gasteiger partial charge in [0.05, 0.1) is 5.56 Å². The Morgan fingerprint density at radius 2 is 1.29 bits per heavy atom. The van der Waals surface area contributed by atoms with E-state index in [-0.39, 0.29) is 11.5 Å². The van der Waals surface area contributed by atoms with Crippen molar-refractivity contribution in [2.45, 2.75) is 51.6 Å². The van der Waals surface area contributed by atoms with Gasteiger partial charge in [-0.2, -0.15) is 8.78 Å². The van der Waals surface area contributed by atoms with Crippen LogP contribution in [-0.2, 0) is 6.11 Å². The van der Waals surface area contributed by atoms with Gasteiger partial charge in [-0.15, -0.1) is 0 Å². The highest BCUT2D eigenvalue weighted by atomic mass is 19.3. The summed E-state index contributed by atoms with van der Waals surface area (Å²) in [5, 5.41) is 0. The average molecular weight is 478 g/mol. The van der Waals surface area contributed by atoms with E-state index in [9.17, 15) is 26.3 Å². The van der Waals surface area contributed by atoms with Crippen LogP contribution in [0.1, 0.15) is 55.2 Å². The first-order valence-electron chi connectivity index (χ1n) is 11.2. The zero-order valence-corrected chi connectivity index (χ0v) is 18.8. The SMILES string of the molecule is Cc1ccc(-c2c(F)cc(OC(F)(F)c3c(F)cc(C4CCC(C)CC4)cc3F)cc2F)cc1. The van der Waals surface area contributed by atoms with E-state index in [0.717, 1.165) is 43.4 Å². The van der Waals surface area contributed by atoms with E-state index in [1.165, 1.54) is 12.1 Å². The van der Waals surface area contributed by atoms with E-state index in [0.29, 0.717) is 23.6 Å². The Labute approximate surface area is 194 Å². The second-order valence-corrected chi connectivity index (χ2v) is 9.06. The maximum absolute atomic E-state index is 14.8.